The Morgan fingerprint density at radius 3 is 2.91 bits per heavy atom. The lowest BCUT2D eigenvalue weighted by molar-refractivity contribution is -0.116. The topological polar surface area (TPSA) is 65.8 Å². The minimum absolute atomic E-state index is 0.179. The molecule has 0 heterocycles. The highest BCUT2D eigenvalue weighted by Crippen LogP contribution is 1.91. The second-order valence-corrected chi connectivity index (χ2v) is 2.13. The molecule has 0 amide bonds. The van der Waals surface area contributed by atoms with Crippen LogP contribution in [0.25, 0.3) is 10.4 Å². The summed E-state index contributed by atoms with van der Waals surface area (Å²) in [7, 11) is 0. The molecule has 0 bridgehead atoms. The van der Waals surface area contributed by atoms with Gasteiger partial charge in [0, 0.05) is 17.9 Å². The van der Waals surface area contributed by atoms with Gasteiger partial charge in [-0.2, -0.15) is 0 Å². The van der Waals surface area contributed by atoms with E-state index in [9.17, 15) is 4.79 Å². The molecule has 4 heteroatoms. The van der Waals surface area contributed by atoms with Gasteiger partial charge in [0.1, 0.15) is 5.78 Å². The number of azide groups is 1. The molecular formula is C7H11N3O. The van der Waals surface area contributed by atoms with Gasteiger partial charge >= 0.3 is 0 Å². The summed E-state index contributed by atoms with van der Waals surface area (Å²) in [5, 5.41) is 3.30. The van der Waals surface area contributed by atoms with Crippen LogP contribution in [0.5, 0.6) is 0 Å². The average molecular weight is 153 g/mol. The van der Waals surface area contributed by atoms with Crippen LogP contribution in [0.2, 0.25) is 0 Å². The Balaban J connectivity index is 3.30. The van der Waals surface area contributed by atoms with E-state index >= 15 is 0 Å². The van der Waals surface area contributed by atoms with E-state index in [-0.39, 0.29) is 5.78 Å². The zero-order valence-electron chi connectivity index (χ0n) is 6.53. The van der Waals surface area contributed by atoms with Crippen LogP contribution in [0.1, 0.15) is 19.8 Å². The second kappa shape index (κ2) is 6.83. The van der Waals surface area contributed by atoms with Crippen molar-refractivity contribution in [3.63, 3.8) is 0 Å². The minimum Gasteiger partial charge on any atom is -0.300 e. The highest BCUT2D eigenvalue weighted by atomic mass is 16.1. The lowest BCUT2D eigenvalue weighted by atomic mass is 10.2. The number of allylic oxidation sites excluding steroid dienone is 1. The predicted molar refractivity (Wildman–Crippen MR) is 43.1 cm³/mol. The van der Waals surface area contributed by atoms with Gasteiger partial charge in [-0.3, -0.25) is 0 Å². The summed E-state index contributed by atoms with van der Waals surface area (Å²) in [6, 6.07) is 0. The molecule has 0 atom stereocenters. The second-order valence-electron chi connectivity index (χ2n) is 2.13. The lowest BCUT2D eigenvalue weighted by Gasteiger charge is -1.86. The summed E-state index contributed by atoms with van der Waals surface area (Å²) in [6.07, 6.45) is 4.89. The Kier molecular flexibility index (Phi) is 6.04. The molecule has 60 valence electrons. The fraction of sp³-hybridized carbons (Fsp3) is 0.571. The number of nitrogens with zero attached hydrogens (tertiary/aromatic N) is 3. The summed E-state index contributed by atoms with van der Waals surface area (Å²) in [5.74, 6) is 0.179. The van der Waals surface area contributed by atoms with Crippen molar-refractivity contribution in [3.8, 4) is 0 Å². The van der Waals surface area contributed by atoms with Crippen molar-refractivity contribution in [2.24, 2.45) is 5.11 Å². The van der Waals surface area contributed by atoms with E-state index in [0.717, 1.165) is 6.42 Å². The summed E-state index contributed by atoms with van der Waals surface area (Å²) < 4.78 is 0. The standard InChI is InChI=1S/C7H11N3O/c1-7(11)5-3-2-4-6-9-10-8/h2,4H,3,5-6H2,1H3/b4-2-. The summed E-state index contributed by atoms with van der Waals surface area (Å²) in [5.41, 5.74) is 7.88. The molecule has 0 fully saturated rings. The number of ketones is 1. The van der Waals surface area contributed by atoms with E-state index in [1.165, 1.54) is 0 Å². The minimum atomic E-state index is 0.179. The number of hydrogen-bond acceptors (Lipinski definition) is 2. The molecule has 4 nitrogen and oxygen atoms in total. The number of carbonyl (C=O) groups excluding carboxylic acids is 1. The van der Waals surface area contributed by atoms with E-state index in [1.54, 1.807) is 13.0 Å². The van der Waals surface area contributed by atoms with E-state index in [2.05, 4.69) is 10.0 Å². The quantitative estimate of drug-likeness (QED) is 0.258. The Labute approximate surface area is 65.5 Å². The van der Waals surface area contributed by atoms with Crippen molar-refractivity contribution in [2.75, 3.05) is 6.54 Å². The Hall–Kier alpha value is -1.28. The summed E-state index contributed by atoms with van der Waals surface area (Å²) in [4.78, 5) is 13.0. The van der Waals surface area contributed by atoms with Gasteiger partial charge in [-0.25, -0.2) is 0 Å². The molecule has 0 saturated heterocycles. The van der Waals surface area contributed by atoms with Gasteiger partial charge in [-0.05, 0) is 18.9 Å². The molecule has 0 rings (SSSR count). The molecule has 0 radical (unpaired) electrons. The van der Waals surface area contributed by atoms with Gasteiger partial charge in [0.05, 0.1) is 0 Å². The highest BCUT2D eigenvalue weighted by Gasteiger charge is 1.87. The van der Waals surface area contributed by atoms with Crippen LogP contribution in [0, 0.1) is 0 Å². The van der Waals surface area contributed by atoms with Crippen LogP contribution in [0.4, 0.5) is 0 Å². The van der Waals surface area contributed by atoms with Crippen LogP contribution >= 0.6 is 0 Å². The van der Waals surface area contributed by atoms with Crippen molar-refractivity contribution in [3.05, 3.63) is 22.6 Å². The van der Waals surface area contributed by atoms with Gasteiger partial charge in [-0.1, -0.05) is 17.3 Å². The first-order valence-electron chi connectivity index (χ1n) is 3.42. The number of Topliss-reactive ketones (excluding diaryl/α,β-unsaturated/α-hetero) is 1. The first kappa shape index (κ1) is 9.72. The molecule has 0 aliphatic rings. The van der Waals surface area contributed by atoms with E-state index in [1.807, 2.05) is 6.08 Å². The molecule has 0 aromatic heterocycles. The van der Waals surface area contributed by atoms with E-state index < -0.39 is 0 Å². The SMILES string of the molecule is CC(=O)CC/C=C\CN=[N+]=[N-]. The number of carbonyl (C=O) groups is 1. The van der Waals surface area contributed by atoms with Crippen LogP contribution in [-0.2, 0) is 4.79 Å². The van der Waals surface area contributed by atoms with Gasteiger partial charge in [-0.15, -0.1) is 0 Å². The molecule has 0 aliphatic carbocycles. The van der Waals surface area contributed by atoms with Crippen molar-refractivity contribution in [1.82, 2.24) is 0 Å². The third-order valence-electron chi connectivity index (χ3n) is 1.08. The molecule has 0 unspecified atom stereocenters. The van der Waals surface area contributed by atoms with Gasteiger partial charge in [0.2, 0.25) is 0 Å². The van der Waals surface area contributed by atoms with Crippen molar-refractivity contribution < 1.29 is 4.79 Å². The predicted octanol–water partition coefficient (Wildman–Crippen LogP) is 2.22. The lowest BCUT2D eigenvalue weighted by Crippen LogP contribution is -1.86. The number of hydrogen-bond donors (Lipinski definition) is 0. The fourth-order valence-electron chi connectivity index (χ4n) is 0.563. The first-order chi connectivity index (χ1) is 5.27. The van der Waals surface area contributed by atoms with Gasteiger partial charge < -0.3 is 4.79 Å². The van der Waals surface area contributed by atoms with E-state index in [4.69, 9.17) is 5.53 Å². The first-order valence-corrected chi connectivity index (χ1v) is 3.42. The zero-order chi connectivity index (χ0) is 8.53. The molecular weight excluding hydrogens is 142 g/mol. The smallest absolute Gasteiger partial charge is 0.130 e. The molecule has 11 heavy (non-hydrogen) atoms. The molecule has 0 aliphatic heterocycles. The van der Waals surface area contributed by atoms with Crippen LogP contribution in [-0.4, -0.2) is 12.3 Å². The number of rotatable bonds is 5. The summed E-state index contributed by atoms with van der Waals surface area (Å²) >= 11 is 0. The molecule has 0 saturated carbocycles. The fourth-order valence-corrected chi connectivity index (χ4v) is 0.563. The Bertz CT molecular complexity index is 192. The average Bonchev–Trinajstić information content (AvgIpc) is 1.96. The maximum Gasteiger partial charge on any atom is 0.130 e. The van der Waals surface area contributed by atoms with E-state index in [0.29, 0.717) is 13.0 Å². The van der Waals surface area contributed by atoms with Crippen LogP contribution in [0.3, 0.4) is 0 Å². The zero-order valence-corrected chi connectivity index (χ0v) is 6.53. The largest absolute Gasteiger partial charge is 0.300 e. The molecule has 0 spiro atoms. The third kappa shape index (κ3) is 8.72. The molecule has 0 aromatic rings. The maximum absolute atomic E-state index is 10.4. The van der Waals surface area contributed by atoms with Gasteiger partial charge in [0.25, 0.3) is 0 Å². The monoisotopic (exact) mass is 153 g/mol. The van der Waals surface area contributed by atoms with Gasteiger partial charge in [0.15, 0.2) is 0 Å². The highest BCUT2D eigenvalue weighted by molar-refractivity contribution is 5.75. The van der Waals surface area contributed by atoms with Crippen LogP contribution < -0.4 is 0 Å². The Morgan fingerprint density at radius 1 is 1.64 bits per heavy atom. The normalized spacial score (nSPS) is 9.55. The van der Waals surface area contributed by atoms with Crippen molar-refractivity contribution >= 4 is 5.78 Å². The maximum atomic E-state index is 10.4. The Morgan fingerprint density at radius 2 is 2.36 bits per heavy atom. The third-order valence-corrected chi connectivity index (χ3v) is 1.08. The van der Waals surface area contributed by atoms with Crippen molar-refractivity contribution in [1.29, 1.82) is 0 Å². The van der Waals surface area contributed by atoms with Crippen molar-refractivity contribution in [2.45, 2.75) is 19.8 Å². The molecule has 0 aromatic carbocycles. The molecule has 0 N–H and O–H groups in total. The summed E-state index contributed by atoms with van der Waals surface area (Å²) in [6.45, 7) is 1.93. The van der Waals surface area contributed by atoms with Crippen LogP contribution in [0.15, 0.2) is 17.3 Å².